The van der Waals surface area contributed by atoms with Crippen molar-refractivity contribution in [3.63, 3.8) is 0 Å². The lowest BCUT2D eigenvalue weighted by atomic mass is 9.58. The van der Waals surface area contributed by atoms with Gasteiger partial charge in [-0.2, -0.15) is 0 Å². The van der Waals surface area contributed by atoms with Gasteiger partial charge in [0.15, 0.2) is 0 Å². The zero-order chi connectivity index (χ0) is 21.0. The molecule has 0 heterocycles. The van der Waals surface area contributed by atoms with Crippen LogP contribution >= 0.6 is 0 Å². The number of anilines is 2. The van der Waals surface area contributed by atoms with Gasteiger partial charge in [0.05, 0.1) is 0 Å². The number of nitrogens with two attached hydrogens (primary N) is 2. The summed E-state index contributed by atoms with van der Waals surface area (Å²) in [5, 5.41) is 0. The monoisotopic (exact) mass is 394 g/mol. The van der Waals surface area contributed by atoms with Gasteiger partial charge in [-0.25, -0.2) is 0 Å². The fourth-order valence-electron chi connectivity index (χ4n) is 5.66. The summed E-state index contributed by atoms with van der Waals surface area (Å²) < 4.78 is 0. The van der Waals surface area contributed by atoms with Gasteiger partial charge >= 0.3 is 0 Å². The standard InChI is InChI=1S/C28H30N2/c1-16(2)24-15-25-17(3)14-26(24)28-23(19-6-10-21(30)11-7-19)13-12-22(27(25)28)18-4-8-20(29)9-5-18/h4-14,16,24-26H,15,29-30H2,1-3H3. The Morgan fingerprint density at radius 1 is 0.733 bits per heavy atom. The number of hydrogen-bond acceptors (Lipinski definition) is 2. The summed E-state index contributed by atoms with van der Waals surface area (Å²) in [5.41, 5.74) is 23.4. The first-order valence-electron chi connectivity index (χ1n) is 11.0. The van der Waals surface area contributed by atoms with Crippen LogP contribution in [-0.4, -0.2) is 0 Å². The zero-order valence-electron chi connectivity index (χ0n) is 18.0. The van der Waals surface area contributed by atoms with Crippen LogP contribution in [0, 0.1) is 11.8 Å². The first kappa shape index (κ1) is 19.0. The van der Waals surface area contributed by atoms with E-state index in [9.17, 15) is 0 Å². The Morgan fingerprint density at radius 2 is 1.23 bits per heavy atom. The molecule has 3 aromatic rings. The molecule has 0 fully saturated rings. The minimum Gasteiger partial charge on any atom is -0.399 e. The highest BCUT2D eigenvalue weighted by atomic mass is 14.5. The van der Waals surface area contributed by atoms with Crippen LogP contribution in [0.1, 0.15) is 50.2 Å². The highest BCUT2D eigenvalue weighted by Gasteiger charge is 2.42. The lowest BCUT2D eigenvalue weighted by Gasteiger charge is -2.46. The Kier molecular flexibility index (Phi) is 4.47. The van der Waals surface area contributed by atoms with E-state index >= 15 is 0 Å². The van der Waals surface area contributed by atoms with Gasteiger partial charge in [0.2, 0.25) is 0 Å². The molecule has 0 spiro atoms. The molecule has 3 atom stereocenters. The highest BCUT2D eigenvalue weighted by Crippen LogP contribution is 2.58. The Hall–Kier alpha value is -3.00. The summed E-state index contributed by atoms with van der Waals surface area (Å²) in [5.74, 6) is 2.29. The molecule has 0 aromatic heterocycles. The van der Waals surface area contributed by atoms with Gasteiger partial charge in [-0.3, -0.25) is 0 Å². The number of nitrogen functional groups attached to an aromatic ring is 2. The molecule has 0 radical (unpaired) electrons. The van der Waals surface area contributed by atoms with Crippen molar-refractivity contribution < 1.29 is 0 Å². The van der Waals surface area contributed by atoms with Crippen molar-refractivity contribution in [1.82, 2.24) is 0 Å². The maximum absolute atomic E-state index is 5.98. The molecule has 2 nitrogen and oxygen atoms in total. The summed E-state index contributed by atoms with van der Waals surface area (Å²) in [6, 6.07) is 21.3. The molecular formula is C28H30N2. The van der Waals surface area contributed by atoms with Crippen LogP contribution in [0.3, 0.4) is 0 Å². The molecule has 0 saturated heterocycles. The van der Waals surface area contributed by atoms with Gasteiger partial charge in [-0.15, -0.1) is 0 Å². The predicted molar refractivity (Wildman–Crippen MR) is 128 cm³/mol. The molecule has 0 amide bonds. The van der Waals surface area contributed by atoms with Crippen LogP contribution in [0.15, 0.2) is 72.3 Å². The smallest absolute Gasteiger partial charge is 0.0314 e. The van der Waals surface area contributed by atoms with Gasteiger partial charge in [0.25, 0.3) is 0 Å². The van der Waals surface area contributed by atoms with Crippen molar-refractivity contribution in [2.75, 3.05) is 11.5 Å². The molecule has 4 N–H and O–H groups in total. The molecule has 3 unspecified atom stereocenters. The highest BCUT2D eigenvalue weighted by molar-refractivity contribution is 5.82. The normalized spacial score (nSPS) is 22.1. The maximum atomic E-state index is 5.98. The molecule has 30 heavy (non-hydrogen) atoms. The minimum atomic E-state index is 0.464. The molecule has 0 saturated carbocycles. The van der Waals surface area contributed by atoms with Gasteiger partial charge in [-0.1, -0.05) is 61.9 Å². The first-order valence-corrected chi connectivity index (χ1v) is 11.0. The van der Waals surface area contributed by atoms with Gasteiger partial charge in [0, 0.05) is 23.2 Å². The van der Waals surface area contributed by atoms with E-state index in [1.165, 1.54) is 45.4 Å². The quantitative estimate of drug-likeness (QED) is 0.371. The Labute approximate surface area is 179 Å². The topological polar surface area (TPSA) is 52.0 Å². The van der Waals surface area contributed by atoms with Gasteiger partial charge < -0.3 is 11.5 Å². The molecule has 0 aliphatic heterocycles. The maximum Gasteiger partial charge on any atom is 0.0314 e. The van der Waals surface area contributed by atoms with Crippen molar-refractivity contribution in [3.05, 3.63) is 83.4 Å². The van der Waals surface area contributed by atoms with E-state index in [2.05, 4.69) is 63.2 Å². The second kappa shape index (κ2) is 7.05. The van der Waals surface area contributed by atoms with Crippen LogP contribution in [0.25, 0.3) is 22.3 Å². The summed E-state index contributed by atoms with van der Waals surface area (Å²) >= 11 is 0. The fraction of sp³-hybridized carbons (Fsp3) is 0.286. The van der Waals surface area contributed by atoms with E-state index in [4.69, 9.17) is 11.5 Å². The van der Waals surface area contributed by atoms with Crippen molar-refractivity contribution in [2.45, 2.75) is 39.0 Å². The third kappa shape index (κ3) is 2.94. The van der Waals surface area contributed by atoms with Gasteiger partial charge in [-0.05, 0) is 82.8 Å². The molecule has 2 heteroatoms. The van der Waals surface area contributed by atoms with Crippen LogP contribution in [0.2, 0.25) is 0 Å². The molecule has 152 valence electrons. The fourth-order valence-corrected chi connectivity index (χ4v) is 5.66. The van der Waals surface area contributed by atoms with Crippen LogP contribution < -0.4 is 11.5 Å². The summed E-state index contributed by atoms with van der Waals surface area (Å²) in [4.78, 5) is 0. The van der Waals surface area contributed by atoms with Crippen molar-refractivity contribution >= 4 is 11.4 Å². The lowest BCUT2D eigenvalue weighted by molar-refractivity contribution is 0.281. The Bertz CT molecular complexity index is 1120. The Balaban J connectivity index is 1.78. The second-order valence-electron chi connectivity index (χ2n) is 9.36. The lowest BCUT2D eigenvalue weighted by Crippen LogP contribution is -2.32. The number of hydrogen-bond donors (Lipinski definition) is 2. The predicted octanol–water partition coefficient (Wildman–Crippen LogP) is 6.99. The summed E-state index contributed by atoms with van der Waals surface area (Å²) in [7, 11) is 0. The van der Waals surface area contributed by atoms with Crippen molar-refractivity contribution in [2.24, 2.45) is 11.8 Å². The third-order valence-corrected chi connectivity index (χ3v) is 7.23. The second-order valence-corrected chi connectivity index (χ2v) is 9.36. The van der Waals surface area contributed by atoms with Crippen LogP contribution in [0.5, 0.6) is 0 Å². The number of rotatable bonds is 3. The van der Waals surface area contributed by atoms with E-state index < -0.39 is 0 Å². The van der Waals surface area contributed by atoms with Crippen LogP contribution in [-0.2, 0) is 0 Å². The summed E-state index contributed by atoms with van der Waals surface area (Å²) in [6.07, 6.45) is 3.79. The number of allylic oxidation sites excluding steroid dienone is 2. The van der Waals surface area contributed by atoms with E-state index in [0.29, 0.717) is 23.7 Å². The zero-order valence-corrected chi connectivity index (χ0v) is 18.0. The molecule has 3 aliphatic rings. The molecule has 3 aromatic carbocycles. The van der Waals surface area contributed by atoms with Crippen molar-refractivity contribution in [1.29, 1.82) is 0 Å². The van der Waals surface area contributed by atoms with E-state index in [1.54, 1.807) is 0 Å². The SMILES string of the molecule is CC1=CC2c3c(-c4ccc(N)cc4)ccc(-c4ccc(N)cc4)c3C1CC2C(C)C. The minimum absolute atomic E-state index is 0.464. The van der Waals surface area contributed by atoms with Crippen molar-refractivity contribution in [3.8, 4) is 22.3 Å². The average Bonchev–Trinajstić information content (AvgIpc) is 2.74. The van der Waals surface area contributed by atoms with E-state index in [1.807, 2.05) is 24.3 Å². The largest absolute Gasteiger partial charge is 0.399 e. The molecule has 2 bridgehead atoms. The third-order valence-electron chi connectivity index (χ3n) is 7.23. The average molecular weight is 395 g/mol. The summed E-state index contributed by atoms with van der Waals surface area (Å²) in [6.45, 7) is 7.07. The first-order chi connectivity index (χ1) is 14.4. The van der Waals surface area contributed by atoms with E-state index in [0.717, 1.165) is 11.4 Å². The van der Waals surface area contributed by atoms with Crippen LogP contribution in [0.4, 0.5) is 11.4 Å². The number of benzene rings is 3. The van der Waals surface area contributed by atoms with E-state index in [-0.39, 0.29) is 0 Å². The van der Waals surface area contributed by atoms with Gasteiger partial charge in [0.1, 0.15) is 0 Å². The molecule has 6 rings (SSSR count). The molecular weight excluding hydrogens is 364 g/mol. The molecule has 3 aliphatic carbocycles. The number of fused-ring (bicyclic) bond motifs is 1. The Morgan fingerprint density at radius 3 is 1.73 bits per heavy atom.